The summed E-state index contributed by atoms with van der Waals surface area (Å²) in [4.78, 5) is 28.5. The molecule has 0 spiro atoms. The van der Waals surface area contributed by atoms with Crippen LogP contribution in [0.3, 0.4) is 0 Å². The van der Waals surface area contributed by atoms with E-state index in [4.69, 9.17) is 0 Å². The highest BCUT2D eigenvalue weighted by Gasteiger charge is 2.10. The predicted octanol–water partition coefficient (Wildman–Crippen LogP) is 4.35. The van der Waals surface area contributed by atoms with Crippen LogP contribution in [0.4, 0.5) is 5.69 Å². The third kappa shape index (κ3) is 5.76. The Morgan fingerprint density at radius 2 is 1.86 bits per heavy atom. The minimum absolute atomic E-state index is 0.0339. The van der Waals surface area contributed by atoms with Crippen LogP contribution in [0.2, 0.25) is 0 Å². The minimum atomic E-state index is -0.235. The summed E-state index contributed by atoms with van der Waals surface area (Å²) in [6.45, 7) is 0.348. The molecule has 2 N–H and O–H groups in total. The van der Waals surface area contributed by atoms with E-state index < -0.39 is 0 Å². The van der Waals surface area contributed by atoms with Crippen LogP contribution in [0.5, 0.6) is 0 Å². The highest BCUT2D eigenvalue weighted by molar-refractivity contribution is 9.10. The van der Waals surface area contributed by atoms with E-state index in [0.717, 1.165) is 15.6 Å². The van der Waals surface area contributed by atoms with E-state index >= 15 is 0 Å². The van der Waals surface area contributed by atoms with Gasteiger partial charge in [-0.05, 0) is 47.9 Å². The second-order valence-electron chi connectivity index (χ2n) is 6.26. The highest BCUT2D eigenvalue weighted by Crippen LogP contribution is 2.16. The van der Waals surface area contributed by atoms with Crippen LogP contribution in [0, 0.1) is 0 Å². The van der Waals surface area contributed by atoms with Gasteiger partial charge in [-0.2, -0.15) is 0 Å². The molecule has 0 aliphatic carbocycles. The van der Waals surface area contributed by atoms with Crippen LogP contribution in [0.1, 0.15) is 27.9 Å². The predicted molar refractivity (Wildman–Crippen MR) is 113 cm³/mol. The number of hydrogen-bond donors (Lipinski definition) is 2. The van der Waals surface area contributed by atoms with E-state index in [1.54, 1.807) is 18.3 Å². The molecule has 0 aliphatic heterocycles. The van der Waals surface area contributed by atoms with E-state index in [-0.39, 0.29) is 11.8 Å². The zero-order valence-corrected chi connectivity index (χ0v) is 16.8. The summed E-state index contributed by atoms with van der Waals surface area (Å²) in [5.41, 5.74) is 3.10. The van der Waals surface area contributed by atoms with Crippen LogP contribution in [0.15, 0.2) is 77.5 Å². The third-order valence-electron chi connectivity index (χ3n) is 4.20. The number of hydrogen-bond acceptors (Lipinski definition) is 3. The fourth-order valence-electron chi connectivity index (χ4n) is 2.72. The zero-order valence-electron chi connectivity index (χ0n) is 15.2. The van der Waals surface area contributed by atoms with Gasteiger partial charge in [0, 0.05) is 35.5 Å². The number of nitrogens with zero attached hydrogens (tertiary/aromatic N) is 1. The Hall–Kier alpha value is -2.99. The summed E-state index contributed by atoms with van der Waals surface area (Å²) >= 11 is 3.44. The van der Waals surface area contributed by atoms with Gasteiger partial charge >= 0.3 is 0 Å². The van der Waals surface area contributed by atoms with E-state index in [2.05, 4.69) is 31.5 Å². The van der Waals surface area contributed by atoms with Crippen LogP contribution in [-0.2, 0) is 17.8 Å². The number of benzene rings is 2. The van der Waals surface area contributed by atoms with Gasteiger partial charge in [-0.15, -0.1) is 0 Å². The van der Waals surface area contributed by atoms with Gasteiger partial charge in [-0.25, -0.2) is 0 Å². The van der Waals surface area contributed by atoms with Crippen LogP contribution in [-0.4, -0.2) is 16.8 Å². The van der Waals surface area contributed by atoms with Gasteiger partial charge in [0.2, 0.25) is 5.91 Å². The van der Waals surface area contributed by atoms with Gasteiger partial charge < -0.3 is 10.6 Å². The number of aryl methyl sites for hydroxylation is 1. The van der Waals surface area contributed by atoms with E-state index in [1.165, 1.54) is 6.20 Å². The number of halogens is 1. The molecule has 6 heteroatoms. The molecule has 1 aromatic heterocycles. The summed E-state index contributed by atoms with van der Waals surface area (Å²) < 4.78 is 1.00. The Bertz CT molecular complexity index is 961. The summed E-state index contributed by atoms with van der Waals surface area (Å²) in [6.07, 6.45) is 4.21. The van der Waals surface area contributed by atoms with Crippen molar-refractivity contribution >= 4 is 33.4 Å². The first-order valence-corrected chi connectivity index (χ1v) is 9.71. The standard InChI is InChI=1S/C22H20BrN3O2/c23-19-8-3-5-16(13-19)10-11-21(27)25-15-17-6-1-2-9-20(17)26-22(28)18-7-4-12-24-14-18/h1-9,12-14H,10-11,15H2,(H,25,27)(H,26,28). The second kappa shape index (κ2) is 9.80. The number of amides is 2. The van der Waals surface area contributed by atoms with Gasteiger partial charge in [0.25, 0.3) is 5.91 Å². The molecular weight excluding hydrogens is 418 g/mol. The molecular formula is C22H20BrN3O2. The van der Waals surface area contributed by atoms with Gasteiger partial charge in [-0.3, -0.25) is 14.6 Å². The quantitative estimate of drug-likeness (QED) is 0.577. The van der Waals surface area contributed by atoms with Crippen molar-refractivity contribution in [3.63, 3.8) is 0 Å². The maximum Gasteiger partial charge on any atom is 0.257 e. The van der Waals surface area contributed by atoms with Crippen molar-refractivity contribution in [1.29, 1.82) is 0 Å². The summed E-state index contributed by atoms with van der Waals surface area (Å²) in [6, 6.07) is 18.8. The number of rotatable bonds is 7. The smallest absolute Gasteiger partial charge is 0.257 e. The van der Waals surface area contributed by atoms with Gasteiger partial charge in [-0.1, -0.05) is 46.3 Å². The van der Waals surface area contributed by atoms with Crippen molar-refractivity contribution in [1.82, 2.24) is 10.3 Å². The highest BCUT2D eigenvalue weighted by atomic mass is 79.9. The van der Waals surface area contributed by atoms with E-state index in [9.17, 15) is 9.59 Å². The normalized spacial score (nSPS) is 10.3. The van der Waals surface area contributed by atoms with Crippen LogP contribution in [0.25, 0.3) is 0 Å². The Kier molecular flexibility index (Phi) is 6.92. The lowest BCUT2D eigenvalue weighted by atomic mass is 10.1. The summed E-state index contributed by atoms with van der Waals surface area (Å²) in [5.74, 6) is -0.269. The lowest BCUT2D eigenvalue weighted by Gasteiger charge is -2.12. The van der Waals surface area contributed by atoms with Crippen molar-refractivity contribution in [3.8, 4) is 0 Å². The van der Waals surface area contributed by atoms with Crippen molar-refractivity contribution in [3.05, 3.63) is 94.2 Å². The van der Waals surface area contributed by atoms with Crippen molar-refractivity contribution < 1.29 is 9.59 Å². The van der Waals surface area contributed by atoms with Gasteiger partial charge in [0.1, 0.15) is 0 Å². The molecule has 1 heterocycles. The number of carbonyl (C=O) groups excluding carboxylic acids is 2. The number of aromatic nitrogens is 1. The molecule has 2 aromatic carbocycles. The first-order chi connectivity index (χ1) is 13.6. The fraction of sp³-hybridized carbons (Fsp3) is 0.136. The molecule has 0 saturated carbocycles. The molecule has 0 bridgehead atoms. The number of pyridine rings is 1. The SMILES string of the molecule is O=C(CCc1cccc(Br)c1)NCc1ccccc1NC(=O)c1cccnc1. The first kappa shape index (κ1) is 19.8. The molecule has 0 fully saturated rings. The number of para-hydroxylation sites is 1. The van der Waals surface area contributed by atoms with Crippen molar-refractivity contribution in [2.45, 2.75) is 19.4 Å². The zero-order chi connectivity index (χ0) is 19.8. The Morgan fingerprint density at radius 3 is 2.64 bits per heavy atom. The second-order valence-corrected chi connectivity index (χ2v) is 7.18. The molecule has 0 aliphatic rings. The molecule has 3 aromatic rings. The molecule has 142 valence electrons. The topological polar surface area (TPSA) is 71.1 Å². The fourth-order valence-corrected chi connectivity index (χ4v) is 3.17. The van der Waals surface area contributed by atoms with Gasteiger partial charge in [0.15, 0.2) is 0 Å². The van der Waals surface area contributed by atoms with E-state index in [0.29, 0.717) is 30.6 Å². The molecule has 2 amide bonds. The molecule has 0 atom stereocenters. The molecule has 28 heavy (non-hydrogen) atoms. The maximum atomic E-state index is 12.3. The summed E-state index contributed by atoms with van der Waals surface area (Å²) in [5, 5.41) is 5.80. The molecule has 5 nitrogen and oxygen atoms in total. The minimum Gasteiger partial charge on any atom is -0.352 e. The Labute approximate surface area is 172 Å². The Morgan fingerprint density at radius 1 is 1.00 bits per heavy atom. The lowest BCUT2D eigenvalue weighted by Crippen LogP contribution is -2.24. The monoisotopic (exact) mass is 437 g/mol. The lowest BCUT2D eigenvalue weighted by molar-refractivity contribution is -0.121. The molecule has 0 saturated heterocycles. The largest absolute Gasteiger partial charge is 0.352 e. The number of anilines is 1. The maximum absolute atomic E-state index is 12.3. The third-order valence-corrected chi connectivity index (χ3v) is 4.69. The summed E-state index contributed by atoms with van der Waals surface area (Å²) in [7, 11) is 0. The van der Waals surface area contributed by atoms with Crippen LogP contribution >= 0.6 is 15.9 Å². The van der Waals surface area contributed by atoms with Crippen LogP contribution < -0.4 is 10.6 Å². The number of nitrogens with one attached hydrogen (secondary N) is 2. The average molecular weight is 438 g/mol. The molecule has 0 unspecified atom stereocenters. The van der Waals surface area contributed by atoms with Crippen molar-refractivity contribution in [2.75, 3.05) is 5.32 Å². The van der Waals surface area contributed by atoms with Crippen molar-refractivity contribution in [2.24, 2.45) is 0 Å². The Balaban J connectivity index is 1.56. The van der Waals surface area contributed by atoms with Gasteiger partial charge in [0.05, 0.1) is 5.56 Å². The molecule has 3 rings (SSSR count). The molecule has 0 radical (unpaired) electrons. The first-order valence-electron chi connectivity index (χ1n) is 8.92. The number of carbonyl (C=O) groups is 2. The average Bonchev–Trinajstić information content (AvgIpc) is 2.72. The van der Waals surface area contributed by atoms with E-state index in [1.807, 2.05) is 48.5 Å².